The van der Waals surface area contributed by atoms with Gasteiger partial charge in [-0.05, 0) is 76.1 Å². The van der Waals surface area contributed by atoms with Crippen molar-refractivity contribution in [1.29, 1.82) is 0 Å². The summed E-state index contributed by atoms with van der Waals surface area (Å²) in [5, 5.41) is 17.7. The van der Waals surface area contributed by atoms with Crippen LogP contribution >= 0.6 is 11.6 Å². The molecule has 0 saturated heterocycles. The van der Waals surface area contributed by atoms with E-state index in [1.807, 2.05) is 42.5 Å². The third-order valence-electron chi connectivity index (χ3n) is 6.35. The minimum absolute atomic E-state index is 0.163. The summed E-state index contributed by atoms with van der Waals surface area (Å²) in [6.45, 7) is 13.3. The van der Waals surface area contributed by atoms with Gasteiger partial charge in [0.25, 0.3) is 0 Å². The number of phenolic OH excluding ortho intramolecular Hbond substituents is 1. The monoisotopic (exact) mass is 506 g/mol. The number of hydrogen-bond acceptors (Lipinski definition) is 2. The Morgan fingerprint density at radius 2 is 1.39 bits per heavy atom. The number of nitrogens with one attached hydrogen (secondary N) is 2. The highest BCUT2D eigenvalue weighted by atomic mass is 35.5. The first-order valence-electron chi connectivity index (χ1n) is 12.6. The van der Waals surface area contributed by atoms with Crippen LogP contribution in [0.2, 0.25) is 5.02 Å². The Morgan fingerprint density at radius 1 is 0.806 bits per heavy atom. The number of benzene rings is 3. The minimum Gasteiger partial charge on any atom is -0.507 e. The summed E-state index contributed by atoms with van der Waals surface area (Å²) in [6, 6.07) is 19.6. The van der Waals surface area contributed by atoms with E-state index in [1.54, 1.807) is 0 Å². The van der Waals surface area contributed by atoms with Gasteiger partial charge in [0.05, 0.1) is 0 Å². The van der Waals surface area contributed by atoms with Gasteiger partial charge in [-0.1, -0.05) is 95.6 Å². The molecular formula is C31H39ClN2O2. The lowest BCUT2D eigenvalue weighted by molar-refractivity contribution is 0.252. The minimum atomic E-state index is -0.217. The Hall–Kier alpha value is -2.98. The standard InChI is InChI=1S/C31H39ClN2O2/c1-30(2,3)25-19-22(20-26(28(25)35)31(4,5)6)11-14-23-9-7-8-10-27(23)34-29(36)33-18-17-21-12-15-24(32)16-13-21/h7-10,12-13,15-16,19-20,35H,11,14,17-18H2,1-6H3,(H2,33,34,36). The molecule has 0 heterocycles. The van der Waals surface area contributed by atoms with Gasteiger partial charge in [0.15, 0.2) is 0 Å². The van der Waals surface area contributed by atoms with E-state index in [-0.39, 0.29) is 16.9 Å². The number of aryl methyl sites for hydroxylation is 2. The van der Waals surface area contributed by atoms with Crippen molar-refractivity contribution < 1.29 is 9.90 Å². The van der Waals surface area contributed by atoms with E-state index in [1.165, 1.54) is 5.56 Å². The molecule has 36 heavy (non-hydrogen) atoms. The molecule has 2 amide bonds. The van der Waals surface area contributed by atoms with Crippen LogP contribution in [0.1, 0.15) is 69.4 Å². The number of anilines is 1. The van der Waals surface area contributed by atoms with Crippen LogP contribution in [-0.2, 0) is 30.1 Å². The van der Waals surface area contributed by atoms with E-state index in [0.29, 0.717) is 17.3 Å². The maximum Gasteiger partial charge on any atom is 0.319 e. The van der Waals surface area contributed by atoms with E-state index >= 15 is 0 Å². The topological polar surface area (TPSA) is 61.4 Å². The molecule has 3 N–H and O–H groups in total. The molecule has 0 bridgehead atoms. The Labute approximate surface area is 221 Å². The average Bonchev–Trinajstić information content (AvgIpc) is 2.79. The third kappa shape index (κ3) is 7.51. The van der Waals surface area contributed by atoms with Crippen molar-refractivity contribution in [2.75, 3.05) is 11.9 Å². The van der Waals surface area contributed by atoms with Gasteiger partial charge in [0.2, 0.25) is 0 Å². The van der Waals surface area contributed by atoms with Crippen LogP contribution in [-0.4, -0.2) is 17.7 Å². The molecule has 4 nitrogen and oxygen atoms in total. The fraction of sp³-hybridized carbons (Fsp3) is 0.387. The molecule has 0 aliphatic heterocycles. The zero-order chi connectivity index (χ0) is 26.5. The van der Waals surface area contributed by atoms with Crippen molar-refractivity contribution in [3.8, 4) is 5.75 Å². The van der Waals surface area contributed by atoms with Crippen LogP contribution in [0.15, 0.2) is 60.7 Å². The highest BCUT2D eigenvalue weighted by Gasteiger charge is 2.26. The van der Waals surface area contributed by atoms with Gasteiger partial charge < -0.3 is 15.7 Å². The number of phenols is 1. The number of para-hydroxylation sites is 1. The summed E-state index contributed by atoms with van der Waals surface area (Å²) in [7, 11) is 0. The van der Waals surface area contributed by atoms with Gasteiger partial charge >= 0.3 is 6.03 Å². The Bertz CT molecular complexity index is 1150. The third-order valence-corrected chi connectivity index (χ3v) is 6.60. The smallest absolute Gasteiger partial charge is 0.319 e. The zero-order valence-electron chi connectivity index (χ0n) is 22.3. The molecule has 0 aliphatic carbocycles. The fourth-order valence-electron chi connectivity index (χ4n) is 4.26. The second-order valence-electron chi connectivity index (χ2n) is 11.5. The second kappa shape index (κ2) is 11.4. The van der Waals surface area contributed by atoms with Gasteiger partial charge in [0, 0.05) is 17.3 Å². The Morgan fingerprint density at radius 3 is 1.97 bits per heavy atom. The van der Waals surface area contributed by atoms with Gasteiger partial charge in [0.1, 0.15) is 5.75 Å². The Kier molecular flexibility index (Phi) is 8.73. The number of carbonyl (C=O) groups excluding carboxylic acids is 1. The lowest BCUT2D eigenvalue weighted by Gasteiger charge is -2.28. The van der Waals surface area contributed by atoms with Crippen molar-refractivity contribution in [1.82, 2.24) is 5.32 Å². The molecule has 0 fully saturated rings. The number of aromatic hydroxyl groups is 1. The van der Waals surface area contributed by atoms with Crippen LogP contribution in [0.4, 0.5) is 10.5 Å². The predicted octanol–water partition coefficient (Wildman–Crippen LogP) is 7.79. The van der Waals surface area contributed by atoms with Gasteiger partial charge in [-0.25, -0.2) is 4.79 Å². The zero-order valence-corrected chi connectivity index (χ0v) is 23.1. The lowest BCUT2D eigenvalue weighted by atomic mass is 9.78. The number of hydrogen-bond donors (Lipinski definition) is 3. The first kappa shape index (κ1) is 27.6. The quantitative estimate of drug-likeness (QED) is 0.306. The normalized spacial score (nSPS) is 11.9. The highest BCUT2D eigenvalue weighted by Crippen LogP contribution is 2.40. The van der Waals surface area contributed by atoms with E-state index in [0.717, 1.165) is 47.2 Å². The van der Waals surface area contributed by atoms with Crippen molar-refractivity contribution in [3.05, 3.63) is 93.5 Å². The van der Waals surface area contributed by atoms with E-state index < -0.39 is 0 Å². The largest absolute Gasteiger partial charge is 0.507 e. The molecule has 5 heteroatoms. The number of carbonyl (C=O) groups is 1. The first-order valence-corrected chi connectivity index (χ1v) is 13.0. The summed E-state index contributed by atoms with van der Waals surface area (Å²) in [4.78, 5) is 12.6. The van der Waals surface area contributed by atoms with Crippen LogP contribution in [0.3, 0.4) is 0 Å². The number of amides is 2. The molecule has 3 aromatic carbocycles. The summed E-state index contributed by atoms with van der Waals surface area (Å²) < 4.78 is 0. The maximum atomic E-state index is 12.6. The number of rotatable bonds is 7. The molecule has 0 aliphatic rings. The molecule has 0 aromatic heterocycles. The van der Waals surface area contributed by atoms with Crippen LogP contribution in [0, 0.1) is 0 Å². The fourth-order valence-corrected chi connectivity index (χ4v) is 4.39. The maximum absolute atomic E-state index is 12.6. The summed E-state index contributed by atoms with van der Waals surface area (Å²) in [6.07, 6.45) is 2.32. The summed E-state index contributed by atoms with van der Waals surface area (Å²) in [5.74, 6) is 0.399. The van der Waals surface area contributed by atoms with E-state index in [4.69, 9.17) is 11.6 Å². The van der Waals surface area contributed by atoms with Crippen LogP contribution < -0.4 is 10.6 Å². The molecule has 0 atom stereocenters. The molecule has 0 saturated carbocycles. The molecule has 3 aromatic rings. The molecular weight excluding hydrogens is 468 g/mol. The number of halogens is 1. The molecule has 3 rings (SSSR count). The average molecular weight is 507 g/mol. The predicted molar refractivity (Wildman–Crippen MR) is 152 cm³/mol. The molecule has 0 radical (unpaired) electrons. The first-order chi connectivity index (χ1) is 16.8. The van der Waals surface area contributed by atoms with E-state index in [2.05, 4.69) is 70.4 Å². The van der Waals surface area contributed by atoms with Gasteiger partial charge in [-0.3, -0.25) is 0 Å². The number of urea groups is 1. The van der Waals surface area contributed by atoms with Crippen molar-refractivity contribution in [2.45, 2.75) is 71.6 Å². The SMILES string of the molecule is CC(C)(C)c1cc(CCc2ccccc2NC(=O)NCCc2ccc(Cl)cc2)cc(C(C)(C)C)c1O. The van der Waals surface area contributed by atoms with Crippen molar-refractivity contribution in [2.24, 2.45) is 0 Å². The van der Waals surface area contributed by atoms with Crippen LogP contribution in [0.25, 0.3) is 0 Å². The second-order valence-corrected chi connectivity index (χ2v) is 11.9. The molecule has 0 unspecified atom stereocenters. The van der Waals surface area contributed by atoms with Gasteiger partial charge in [-0.15, -0.1) is 0 Å². The van der Waals surface area contributed by atoms with Crippen molar-refractivity contribution >= 4 is 23.3 Å². The van der Waals surface area contributed by atoms with Gasteiger partial charge in [-0.2, -0.15) is 0 Å². The molecule has 192 valence electrons. The lowest BCUT2D eigenvalue weighted by Crippen LogP contribution is -2.30. The molecule has 0 spiro atoms. The Balaban J connectivity index is 1.69. The van der Waals surface area contributed by atoms with Crippen molar-refractivity contribution in [3.63, 3.8) is 0 Å². The summed E-state index contributed by atoms with van der Waals surface area (Å²) in [5.41, 5.74) is 5.81. The summed E-state index contributed by atoms with van der Waals surface area (Å²) >= 11 is 5.94. The van der Waals surface area contributed by atoms with E-state index in [9.17, 15) is 9.90 Å². The highest BCUT2D eigenvalue weighted by molar-refractivity contribution is 6.30. The van der Waals surface area contributed by atoms with Crippen LogP contribution in [0.5, 0.6) is 5.75 Å².